The van der Waals surface area contributed by atoms with Gasteiger partial charge in [0.05, 0.1) is 37.7 Å². The lowest BCUT2D eigenvalue weighted by atomic mass is 9.92. The first-order valence-corrected chi connectivity index (χ1v) is 12.1. The standard InChI is InChI=1S/C24H31N7O5/c1-25-21-10-20(27-17-4-3-9-30(24(17)34)14-5-7-15(35-2)8-6-14)29-22-16(11-26-31(21)22)23(33)28-18-12-36-13-19(18)32/h3-4,9-11,14-15,18-19,25,32H,5-8,12-13H2,1-2H3,(H,27,29)(H,28,33)/t14-,15-,18-,19+/m1/s1. The number of ether oxygens (including phenoxy) is 2. The highest BCUT2D eigenvalue weighted by atomic mass is 16.5. The average Bonchev–Trinajstić information content (AvgIpc) is 3.51. The molecule has 1 saturated carbocycles. The number of pyridine rings is 1. The van der Waals surface area contributed by atoms with Crippen LogP contribution >= 0.6 is 0 Å². The van der Waals surface area contributed by atoms with E-state index in [2.05, 4.69) is 26.0 Å². The van der Waals surface area contributed by atoms with Crippen LogP contribution in [0.1, 0.15) is 42.1 Å². The summed E-state index contributed by atoms with van der Waals surface area (Å²) in [4.78, 5) is 30.8. The van der Waals surface area contributed by atoms with Gasteiger partial charge in [0.25, 0.3) is 11.5 Å². The topological polar surface area (TPSA) is 144 Å². The third kappa shape index (κ3) is 4.66. The maximum atomic E-state index is 13.3. The molecule has 0 radical (unpaired) electrons. The van der Waals surface area contributed by atoms with Crippen molar-refractivity contribution in [2.24, 2.45) is 0 Å². The summed E-state index contributed by atoms with van der Waals surface area (Å²) in [6.45, 7) is 0.417. The van der Waals surface area contributed by atoms with Crippen LogP contribution in [0.5, 0.6) is 0 Å². The minimum Gasteiger partial charge on any atom is -0.388 e. The molecular formula is C24H31N7O5. The molecular weight excluding hydrogens is 466 g/mol. The summed E-state index contributed by atoms with van der Waals surface area (Å²) in [5.74, 6) is 0.559. The van der Waals surface area contributed by atoms with Gasteiger partial charge in [-0.25, -0.2) is 4.98 Å². The van der Waals surface area contributed by atoms with Gasteiger partial charge in [-0.3, -0.25) is 9.59 Å². The summed E-state index contributed by atoms with van der Waals surface area (Å²) in [5, 5.41) is 23.2. The second-order valence-electron chi connectivity index (χ2n) is 9.18. The molecule has 1 aliphatic heterocycles. The Kier molecular flexibility index (Phi) is 6.90. The Morgan fingerprint density at radius 1 is 1.25 bits per heavy atom. The van der Waals surface area contributed by atoms with Crippen LogP contribution in [-0.2, 0) is 9.47 Å². The van der Waals surface area contributed by atoms with Gasteiger partial charge in [-0.15, -0.1) is 0 Å². The predicted molar refractivity (Wildman–Crippen MR) is 133 cm³/mol. The van der Waals surface area contributed by atoms with Crippen molar-refractivity contribution >= 4 is 28.9 Å². The van der Waals surface area contributed by atoms with Crippen molar-refractivity contribution in [1.29, 1.82) is 0 Å². The maximum Gasteiger partial charge on any atom is 0.274 e. The lowest BCUT2D eigenvalue weighted by molar-refractivity contribution is 0.0580. The number of aliphatic hydroxyl groups excluding tert-OH is 1. The largest absolute Gasteiger partial charge is 0.388 e. The number of fused-ring (bicyclic) bond motifs is 1. The fourth-order valence-corrected chi connectivity index (χ4v) is 4.88. The van der Waals surface area contributed by atoms with Gasteiger partial charge in [0.2, 0.25) is 0 Å². The zero-order valence-corrected chi connectivity index (χ0v) is 20.3. The molecule has 12 heteroatoms. The predicted octanol–water partition coefficient (Wildman–Crippen LogP) is 1.30. The Bertz CT molecular complexity index is 1300. The Labute approximate surface area is 207 Å². The number of carbonyl (C=O) groups excluding carboxylic acids is 1. The van der Waals surface area contributed by atoms with E-state index in [0.717, 1.165) is 25.7 Å². The van der Waals surface area contributed by atoms with E-state index in [1.54, 1.807) is 30.9 Å². The Morgan fingerprint density at radius 2 is 2.06 bits per heavy atom. The minimum atomic E-state index is -0.765. The molecule has 5 rings (SSSR count). The summed E-state index contributed by atoms with van der Waals surface area (Å²) < 4.78 is 14.0. The average molecular weight is 498 g/mol. The van der Waals surface area contributed by atoms with Crippen LogP contribution in [0, 0.1) is 0 Å². The highest BCUT2D eigenvalue weighted by Gasteiger charge is 2.29. The summed E-state index contributed by atoms with van der Waals surface area (Å²) in [6, 6.07) is 4.90. The summed E-state index contributed by atoms with van der Waals surface area (Å²) in [5.41, 5.74) is 0.814. The smallest absolute Gasteiger partial charge is 0.274 e. The zero-order chi connectivity index (χ0) is 25.2. The summed E-state index contributed by atoms with van der Waals surface area (Å²) >= 11 is 0. The molecule has 2 aliphatic rings. The van der Waals surface area contributed by atoms with Gasteiger partial charge in [-0.1, -0.05) is 0 Å². The highest BCUT2D eigenvalue weighted by Crippen LogP contribution is 2.29. The molecule has 3 aromatic heterocycles. The van der Waals surface area contributed by atoms with Gasteiger partial charge >= 0.3 is 0 Å². The fourth-order valence-electron chi connectivity index (χ4n) is 4.88. The van der Waals surface area contributed by atoms with Gasteiger partial charge in [0, 0.05) is 32.5 Å². The van der Waals surface area contributed by atoms with E-state index in [0.29, 0.717) is 23.0 Å². The van der Waals surface area contributed by atoms with Crippen LogP contribution < -0.4 is 21.5 Å². The lowest BCUT2D eigenvalue weighted by Gasteiger charge is -2.29. The second-order valence-corrected chi connectivity index (χ2v) is 9.18. The van der Waals surface area contributed by atoms with E-state index < -0.39 is 18.1 Å². The van der Waals surface area contributed by atoms with Gasteiger partial charge < -0.3 is 35.1 Å². The summed E-state index contributed by atoms with van der Waals surface area (Å²) in [6.07, 6.45) is 6.34. The second kappa shape index (κ2) is 10.2. The third-order valence-corrected chi connectivity index (χ3v) is 6.95. The molecule has 12 nitrogen and oxygen atoms in total. The highest BCUT2D eigenvalue weighted by molar-refractivity contribution is 6.00. The maximum absolute atomic E-state index is 13.3. The number of rotatable bonds is 7. The van der Waals surface area contributed by atoms with Crippen molar-refractivity contribution in [1.82, 2.24) is 24.5 Å². The molecule has 3 aromatic rings. The van der Waals surface area contributed by atoms with Crippen molar-refractivity contribution in [3.05, 3.63) is 46.5 Å². The molecule has 1 aliphatic carbocycles. The molecule has 36 heavy (non-hydrogen) atoms. The molecule has 0 bridgehead atoms. The minimum absolute atomic E-state index is 0.119. The quantitative estimate of drug-likeness (QED) is 0.380. The number of anilines is 3. The van der Waals surface area contributed by atoms with Gasteiger partial charge in [-0.2, -0.15) is 9.61 Å². The van der Waals surface area contributed by atoms with E-state index in [9.17, 15) is 14.7 Å². The number of hydrogen-bond donors (Lipinski definition) is 4. The van der Waals surface area contributed by atoms with Crippen LogP contribution in [0.4, 0.5) is 17.3 Å². The number of amides is 1. The van der Waals surface area contributed by atoms with Crippen LogP contribution in [0.2, 0.25) is 0 Å². The van der Waals surface area contributed by atoms with E-state index in [1.165, 1.54) is 10.7 Å². The SMILES string of the molecule is CNc1cc(Nc2cccn([C@H]3CC[C@H](OC)CC3)c2=O)nc2c(C(=O)N[C@@H]3COC[C@@H]3O)cnn12. The van der Waals surface area contributed by atoms with Crippen molar-refractivity contribution in [2.45, 2.75) is 50.0 Å². The summed E-state index contributed by atoms with van der Waals surface area (Å²) in [7, 11) is 3.46. The van der Waals surface area contributed by atoms with Crippen molar-refractivity contribution in [3.63, 3.8) is 0 Å². The molecule has 4 heterocycles. The Morgan fingerprint density at radius 3 is 2.75 bits per heavy atom. The van der Waals surface area contributed by atoms with Crippen LogP contribution in [-0.4, -0.2) is 75.8 Å². The normalized spacial score (nSPS) is 24.1. The van der Waals surface area contributed by atoms with Gasteiger partial charge in [0.1, 0.15) is 22.9 Å². The monoisotopic (exact) mass is 497 g/mol. The third-order valence-electron chi connectivity index (χ3n) is 6.95. The number of carbonyl (C=O) groups is 1. The van der Waals surface area contributed by atoms with E-state index in [4.69, 9.17) is 9.47 Å². The Balaban J connectivity index is 1.42. The van der Waals surface area contributed by atoms with E-state index in [-0.39, 0.29) is 36.5 Å². The van der Waals surface area contributed by atoms with Crippen LogP contribution in [0.25, 0.3) is 5.65 Å². The number of nitrogens with zero attached hydrogens (tertiary/aromatic N) is 4. The van der Waals surface area contributed by atoms with Crippen LogP contribution in [0.3, 0.4) is 0 Å². The van der Waals surface area contributed by atoms with Crippen molar-refractivity contribution in [3.8, 4) is 0 Å². The molecule has 1 saturated heterocycles. The molecule has 4 N–H and O–H groups in total. The first-order valence-electron chi connectivity index (χ1n) is 12.1. The molecule has 2 fully saturated rings. The van der Waals surface area contributed by atoms with Crippen molar-refractivity contribution in [2.75, 3.05) is 38.0 Å². The molecule has 2 atom stereocenters. The molecule has 1 amide bonds. The first-order chi connectivity index (χ1) is 17.5. The first kappa shape index (κ1) is 24.2. The molecule has 0 aromatic carbocycles. The molecule has 192 valence electrons. The Hall–Kier alpha value is -3.48. The molecule has 0 spiro atoms. The molecule has 0 unspecified atom stereocenters. The number of hydrogen-bond acceptors (Lipinski definition) is 9. The number of methoxy groups -OCH3 is 1. The zero-order valence-electron chi connectivity index (χ0n) is 20.3. The van der Waals surface area contributed by atoms with E-state index in [1.807, 2.05) is 12.3 Å². The number of aliphatic hydroxyl groups is 1. The number of nitrogens with one attached hydrogen (secondary N) is 3. The van der Waals surface area contributed by atoms with Crippen LogP contribution in [0.15, 0.2) is 35.4 Å². The van der Waals surface area contributed by atoms with Gasteiger partial charge in [0.15, 0.2) is 5.65 Å². The van der Waals surface area contributed by atoms with E-state index >= 15 is 0 Å². The van der Waals surface area contributed by atoms with Gasteiger partial charge in [-0.05, 0) is 37.8 Å². The van der Waals surface area contributed by atoms with Crippen molar-refractivity contribution < 1.29 is 19.4 Å². The number of aromatic nitrogens is 4. The lowest BCUT2D eigenvalue weighted by Crippen LogP contribution is -2.42. The fraction of sp³-hybridized carbons (Fsp3) is 0.500.